The van der Waals surface area contributed by atoms with Gasteiger partial charge in [-0.15, -0.1) is 0 Å². The van der Waals surface area contributed by atoms with Gasteiger partial charge in [-0.3, -0.25) is 4.79 Å². The largest absolute Gasteiger partial charge is 0.324 e. The molecule has 0 fully saturated rings. The van der Waals surface area contributed by atoms with Crippen molar-refractivity contribution in [3.63, 3.8) is 0 Å². The number of benzene rings is 2. The highest BCUT2D eigenvalue weighted by molar-refractivity contribution is 6.31. The molecule has 1 unspecified atom stereocenters. The first-order valence-corrected chi connectivity index (χ1v) is 7.41. The number of rotatable bonds is 2. The number of carbonyl (C=O) groups is 1. The van der Waals surface area contributed by atoms with Crippen molar-refractivity contribution in [2.75, 3.05) is 11.9 Å². The minimum Gasteiger partial charge on any atom is -0.324 e. The third-order valence-corrected chi connectivity index (χ3v) is 4.22. The highest BCUT2D eigenvalue weighted by atomic mass is 35.5. The van der Waals surface area contributed by atoms with Crippen LogP contribution in [0.2, 0.25) is 5.02 Å². The second-order valence-electron chi connectivity index (χ2n) is 5.29. The Morgan fingerprint density at radius 1 is 1.29 bits per heavy atom. The minimum atomic E-state index is -0.310. The van der Waals surface area contributed by atoms with Crippen molar-refractivity contribution in [1.82, 2.24) is 5.32 Å². The Morgan fingerprint density at radius 2 is 2.10 bits per heavy atom. The van der Waals surface area contributed by atoms with Gasteiger partial charge in [-0.25, -0.2) is 0 Å². The van der Waals surface area contributed by atoms with Gasteiger partial charge >= 0.3 is 0 Å². The molecule has 21 heavy (non-hydrogen) atoms. The number of aryl methyl sites for hydroxylation is 1. The molecule has 1 atom stereocenters. The van der Waals surface area contributed by atoms with Gasteiger partial charge in [-0.2, -0.15) is 0 Å². The topological polar surface area (TPSA) is 41.1 Å². The summed E-state index contributed by atoms with van der Waals surface area (Å²) in [6.45, 7) is 2.75. The van der Waals surface area contributed by atoms with Crippen LogP contribution in [0.1, 0.15) is 22.7 Å². The molecule has 0 saturated heterocycles. The number of nitrogens with one attached hydrogen (secondary N) is 2. The summed E-state index contributed by atoms with van der Waals surface area (Å²) in [6, 6.07) is 13.3. The van der Waals surface area contributed by atoms with Crippen molar-refractivity contribution < 1.29 is 4.79 Å². The monoisotopic (exact) mass is 300 g/mol. The minimum absolute atomic E-state index is 0.0536. The number of amides is 1. The van der Waals surface area contributed by atoms with E-state index < -0.39 is 0 Å². The molecular formula is C17H17ClN2O. The van der Waals surface area contributed by atoms with Crippen LogP contribution >= 0.6 is 11.6 Å². The van der Waals surface area contributed by atoms with E-state index in [4.69, 9.17) is 11.6 Å². The molecule has 3 rings (SSSR count). The molecule has 1 aliphatic heterocycles. The van der Waals surface area contributed by atoms with Crippen LogP contribution in [-0.4, -0.2) is 12.5 Å². The molecule has 3 nitrogen and oxygen atoms in total. The van der Waals surface area contributed by atoms with Gasteiger partial charge < -0.3 is 10.6 Å². The summed E-state index contributed by atoms with van der Waals surface area (Å²) in [6.07, 6.45) is 0.955. The van der Waals surface area contributed by atoms with Crippen LogP contribution in [-0.2, 0) is 11.2 Å². The summed E-state index contributed by atoms with van der Waals surface area (Å²) in [5.41, 5.74) is 4.01. The van der Waals surface area contributed by atoms with E-state index in [1.165, 1.54) is 5.56 Å². The van der Waals surface area contributed by atoms with E-state index in [1.807, 2.05) is 37.3 Å². The summed E-state index contributed by atoms with van der Waals surface area (Å²) in [4.78, 5) is 12.5. The average Bonchev–Trinajstić information content (AvgIpc) is 2.50. The first-order chi connectivity index (χ1) is 10.1. The molecule has 1 aliphatic rings. The highest BCUT2D eigenvalue weighted by Crippen LogP contribution is 2.25. The third kappa shape index (κ3) is 2.94. The molecule has 0 bridgehead atoms. The van der Waals surface area contributed by atoms with Crippen molar-refractivity contribution >= 4 is 23.2 Å². The first kappa shape index (κ1) is 14.1. The van der Waals surface area contributed by atoms with Gasteiger partial charge in [0.25, 0.3) is 0 Å². The van der Waals surface area contributed by atoms with E-state index in [0.29, 0.717) is 5.02 Å². The number of hydrogen-bond acceptors (Lipinski definition) is 2. The van der Waals surface area contributed by atoms with Gasteiger partial charge in [0.1, 0.15) is 6.04 Å². The van der Waals surface area contributed by atoms with Crippen LogP contribution in [0.15, 0.2) is 42.5 Å². The van der Waals surface area contributed by atoms with Gasteiger partial charge in [0, 0.05) is 17.3 Å². The van der Waals surface area contributed by atoms with Gasteiger partial charge in [0.15, 0.2) is 0 Å². The fourth-order valence-corrected chi connectivity index (χ4v) is 2.80. The summed E-state index contributed by atoms with van der Waals surface area (Å²) < 4.78 is 0. The first-order valence-electron chi connectivity index (χ1n) is 7.03. The van der Waals surface area contributed by atoms with E-state index in [0.717, 1.165) is 29.8 Å². The standard InChI is InChI=1S/C17H17ClN2O/c1-11-6-7-13(10-15(11)18)20-17(21)16-14-5-3-2-4-12(14)8-9-19-16/h2-7,10,16,19H,8-9H2,1H3,(H,20,21). The lowest BCUT2D eigenvalue weighted by Gasteiger charge is -2.26. The maximum absolute atomic E-state index is 12.5. The molecule has 108 valence electrons. The van der Waals surface area contributed by atoms with Gasteiger partial charge in [-0.1, -0.05) is 41.9 Å². The molecular weight excluding hydrogens is 284 g/mol. The summed E-state index contributed by atoms with van der Waals surface area (Å²) in [5.74, 6) is -0.0536. The number of halogens is 1. The highest BCUT2D eigenvalue weighted by Gasteiger charge is 2.25. The zero-order valence-electron chi connectivity index (χ0n) is 11.8. The lowest BCUT2D eigenvalue weighted by Crippen LogP contribution is -2.38. The Kier molecular flexibility index (Phi) is 3.95. The van der Waals surface area contributed by atoms with E-state index in [2.05, 4.69) is 16.7 Å². The molecule has 0 spiro atoms. The Balaban J connectivity index is 1.81. The summed E-state index contributed by atoms with van der Waals surface area (Å²) in [7, 11) is 0. The van der Waals surface area contributed by atoms with Gasteiger partial charge in [0.05, 0.1) is 0 Å². The van der Waals surface area contributed by atoms with Crippen molar-refractivity contribution in [2.24, 2.45) is 0 Å². The fraction of sp³-hybridized carbons (Fsp3) is 0.235. The Labute approximate surface area is 129 Å². The fourth-order valence-electron chi connectivity index (χ4n) is 2.62. The number of hydrogen-bond donors (Lipinski definition) is 2. The molecule has 2 aromatic carbocycles. The van der Waals surface area contributed by atoms with Gasteiger partial charge in [-0.05, 0) is 42.2 Å². The molecule has 0 radical (unpaired) electrons. The number of carbonyl (C=O) groups excluding carboxylic acids is 1. The maximum atomic E-state index is 12.5. The predicted molar refractivity (Wildman–Crippen MR) is 85.7 cm³/mol. The van der Waals surface area contributed by atoms with Crippen LogP contribution in [0.4, 0.5) is 5.69 Å². The summed E-state index contributed by atoms with van der Waals surface area (Å²) in [5, 5.41) is 6.87. The van der Waals surface area contributed by atoms with Crippen LogP contribution in [0, 0.1) is 6.92 Å². The van der Waals surface area contributed by atoms with Crippen molar-refractivity contribution in [2.45, 2.75) is 19.4 Å². The predicted octanol–water partition coefficient (Wildman–Crippen LogP) is 3.47. The SMILES string of the molecule is Cc1ccc(NC(=O)C2NCCc3ccccc32)cc1Cl. The van der Waals surface area contributed by atoms with Crippen LogP contribution in [0.5, 0.6) is 0 Å². The molecule has 1 amide bonds. The Bertz CT molecular complexity index is 684. The normalized spacial score (nSPS) is 17.1. The zero-order valence-corrected chi connectivity index (χ0v) is 12.6. The molecule has 0 aromatic heterocycles. The van der Waals surface area contributed by atoms with E-state index in [-0.39, 0.29) is 11.9 Å². The van der Waals surface area contributed by atoms with Crippen LogP contribution < -0.4 is 10.6 Å². The lowest BCUT2D eigenvalue weighted by molar-refractivity contribution is -0.118. The van der Waals surface area contributed by atoms with E-state index in [1.54, 1.807) is 6.07 Å². The van der Waals surface area contributed by atoms with Gasteiger partial charge in [0.2, 0.25) is 5.91 Å². The van der Waals surface area contributed by atoms with Crippen molar-refractivity contribution in [3.8, 4) is 0 Å². The second kappa shape index (κ2) is 5.88. The zero-order chi connectivity index (χ0) is 14.8. The maximum Gasteiger partial charge on any atom is 0.246 e. The second-order valence-corrected chi connectivity index (χ2v) is 5.70. The molecule has 0 saturated carbocycles. The molecule has 0 aliphatic carbocycles. The number of fused-ring (bicyclic) bond motifs is 1. The molecule has 4 heteroatoms. The quantitative estimate of drug-likeness (QED) is 0.891. The molecule has 1 heterocycles. The van der Waals surface area contributed by atoms with Crippen molar-refractivity contribution in [3.05, 3.63) is 64.2 Å². The smallest absolute Gasteiger partial charge is 0.246 e. The summed E-state index contributed by atoms with van der Waals surface area (Å²) >= 11 is 6.10. The molecule has 2 N–H and O–H groups in total. The lowest BCUT2D eigenvalue weighted by atomic mass is 9.94. The van der Waals surface area contributed by atoms with Crippen molar-refractivity contribution in [1.29, 1.82) is 0 Å². The Morgan fingerprint density at radius 3 is 2.90 bits per heavy atom. The molecule has 2 aromatic rings. The van der Waals surface area contributed by atoms with E-state index in [9.17, 15) is 4.79 Å². The number of anilines is 1. The van der Waals surface area contributed by atoms with Crippen LogP contribution in [0.25, 0.3) is 0 Å². The Hall–Kier alpha value is -1.84. The third-order valence-electron chi connectivity index (χ3n) is 3.81. The van der Waals surface area contributed by atoms with Crippen LogP contribution in [0.3, 0.4) is 0 Å². The van der Waals surface area contributed by atoms with E-state index >= 15 is 0 Å². The average molecular weight is 301 g/mol.